The highest BCUT2D eigenvalue weighted by atomic mass is 16.5. The zero-order valence-electron chi connectivity index (χ0n) is 8.37. The predicted molar refractivity (Wildman–Crippen MR) is 51.6 cm³/mol. The molecule has 0 aromatic carbocycles. The van der Waals surface area contributed by atoms with Crippen LogP contribution in [0.5, 0.6) is 0 Å². The van der Waals surface area contributed by atoms with Crippen LogP contribution < -0.4 is 5.73 Å². The Labute approximate surface area is 80.0 Å². The smallest absolute Gasteiger partial charge is 0.0700 e. The van der Waals surface area contributed by atoms with Crippen LogP contribution in [0.3, 0.4) is 0 Å². The van der Waals surface area contributed by atoms with Crippen molar-refractivity contribution in [1.82, 2.24) is 0 Å². The number of hydrogen-bond acceptors (Lipinski definition) is 4. The van der Waals surface area contributed by atoms with Gasteiger partial charge in [-0.2, -0.15) is 0 Å². The summed E-state index contributed by atoms with van der Waals surface area (Å²) in [6.07, 6.45) is 1.74. The summed E-state index contributed by atoms with van der Waals surface area (Å²) in [6.45, 7) is 4.73. The van der Waals surface area contributed by atoms with Gasteiger partial charge in [0.15, 0.2) is 0 Å². The number of aliphatic hydroxyl groups excluding tert-OH is 1. The molecule has 4 nitrogen and oxygen atoms in total. The van der Waals surface area contributed by atoms with E-state index >= 15 is 0 Å². The van der Waals surface area contributed by atoms with Crippen molar-refractivity contribution in [2.45, 2.75) is 25.8 Å². The summed E-state index contributed by atoms with van der Waals surface area (Å²) in [5.74, 6) is 0. The van der Waals surface area contributed by atoms with Crippen LogP contribution in [0, 0.1) is 0 Å². The Morgan fingerprint density at radius 3 is 2.31 bits per heavy atom. The molecule has 4 heteroatoms. The maximum Gasteiger partial charge on any atom is 0.0700 e. The third kappa shape index (κ3) is 9.76. The van der Waals surface area contributed by atoms with Crippen LogP contribution in [0.1, 0.15) is 19.8 Å². The Bertz CT molecular complexity index is 101. The van der Waals surface area contributed by atoms with Crippen molar-refractivity contribution in [3.63, 3.8) is 0 Å². The molecular formula is C9H21NO3. The first-order chi connectivity index (χ1) is 6.31. The van der Waals surface area contributed by atoms with Crippen LogP contribution in [-0.4, -0.2) is 44.2 Å². The molecule has 0 radical (unpaired) electrons. The number of nitrogens with two attached hydrogens (primary N) is 1. The molecule has 0 saturated carbocycles. The van der Waals surface area contributed by atoms with E-state index in [1.54, 1.807) is 0 Å². The van der Waals surface area contributed by atoms with Crippen molar-refractivity contribution >= 4 is 0 Å². The molecule has 0 spiro atoms. The highest BCUT2D eigenvalue weighted by Crippen LogP contribution is 1.88. The fraction of sp³-hybridized carbons (Fsp3) is 1.00. The Balaban J connectivity index is 2.91. The summed E-state index contributed by atoms with van der Waals surface area (Å²) in [5.41, 5.74) is 5.47. The second-order valence-corrected chi connectivity index (χ2v) is 2.96. The average Bonchev–Trinajstić information content (AvgIpc) is 2.16. The second kappa shape index (κ2) is 9.92. The van der Waals surface area contributed by atoms with Crippen LogP contribution in [0.15, 0.2) is 0 Å². The molecule has 0 saturated heterocycles. The van der Waals surface area contributed by atoms with Gasteiger partial charge in [0.05, 0.1) is 19.8 Å². The lowest BCUT2D eigenvalue weighted by Gasteiger charge is -2.08. The molecule has 0 rings (SSSR count). The highest BCUT2D eigenvalue weighted by molar-refractivity contribution is 4.56. The quantitative estimate of drug-likeness (QED) is 0.509. The van der Waals surface area contributed by atoms with Crippen molar-refractivity contribution in [1.29, 1.82) is 0 Å². The van der Waals surface area contributed by atoms with Gasteiger partial charge in [0, 0.05) is 19.3 Å². The normalized spacial score (nSPS) is 13.2. The van der Waals surface area contributed by atoms with Crippen LogP contribution >= 0.6 is 0 Å². The van der Waals surface area contributed by atoms with Gasteiger partial charge in [0.2, 0.25) is 0 Å². The fourth-order valence-corrected chi connectivity index (χ4v) is 0.792. The van der Waals surface area contributed by atoms with Crippen molar-refractivity contribution in [3.05, 3.63) is 0 Å². The minimum Gasteiger partial charge on any atom is -0.395 e. The summed E-state index contributed by atoms with van der Waals surface area (Å²) < 4.78 is 10.4. The second-order valence-electron chi connectivity index (χ2n) is 2.96. The van der Waals surface area contributed by atoms with Crippen LogP contribution in [0.25, 0.3) is 0 Å². The average molecular weight is 191 g/mol. The third-order valence-corrected chi connectivity index (χ3v) is 1.59. The van der Waals surface area contributed by atoms with Gasteiger partial charge in [-0.1, -0.05) is 6.92 Å². The molecule has 13 heavy (non-hydrogen) atoms. The summed E-state index contributed by atoms with van der Waals surface area (Å²) >= 11 is 0. The molecule has 80 valence electrons. The van der Waals surface area contributed by atoms with E-state index in [0.29, 0.717) is 26.2 Å². The van der Waals surface area contributed by atoms with E-state index in [1.807, 2.05) is 0 Å². The number of aliphatic hydroxyl groups is 1. The summed E-state index contributed by atoms with van der Waals surface area (Å²) in [5, 5.41) is 8.60. The van der Waals surface area contributed by atoms with E-state index in [1.165, 1.54) is 0 Å². The van der Waals surface area contributed by atoms with Gasteiger partial charge in [0.1, 0.15) is 0 Å². The van der Waals surface area contributed by atoms with Gasteiger partial charge < -0.3 is 20.3 Å². The van der Waals surface area contributed by atoms with Crippen molar-refractivity contribution in [2.75, 3.05) is 33.0 Å². The lowest BCUT2D eigenvalue weighted by molar-refractivity contribution is 0.0439. The molecule has 0 fully saturated rings. The minimum absolute atomic E-state index is 0.0235. The number of ether oxygens (including phenoxy) is 2. The molecule has 0 bridgehead atoms. The first-order valence-electron chi connectivity index (χ1n) is 4.83. The van der Waals surface area contributed by atoms with Gasteiger partial charge in [-0.05, 0) is 12.8 Å². The summed E-state index contributed by atoms with van der Waals surface area (Å²) in [6, 6.07) is -0.156. The first kappa shape index (κ1) is 12.8. The first-order valence-corrected chi connectivity index (χ1v) is 4.83. The summed E-state index contributed by atoms with van der Waals surface area (Å²) in [4.78, 5) is 0. The molecule has 0 heterocycles. The summed E-state index contributed by atoms with van der Waals surface area (Å²) in [7, 11) is 0. The van der Waals surface area contributed by atoms with E-state index in [4.69, 9.17) is 20.3 Å². The van der Waals surface area contributed by atoms with Gasteiger partial charge in [-0.25, -0.2) is 0 Å². The number of hydrogen-bond donors (Lipinski definition) is 2. The fourth-order valence-electron chi connectivity index (χ4n) is 0.792. The molecule has 0 aliphatic rings. The Hall–Kier alpha value is -0.160. The van der Waals surface area contributed by atoms with Crippen molar-refractivity contribution < 1.29 is 14.6 Å². The number of rotatable bonds is 9. The lowest BCUT2D eigenvalue weighted by atomic mass is 10.2. The molecule has 0 aromatic rings. The van der Waals surface area contributed by atoms with Gasteiger partial charge >= 0.3 is 0 Å². The molecular weight excluding hydrogens is 170 g/mol. The van der Waals surface area contributed by atoms with E-state index in [9.17, 15) is 0 Å². The lowest BCUT2D eigenvalue weighted by Crippen LogP contribution is -2.26. The Morgan fingerprint density at radius 1 is 1.15 bits per heavy atom. The molecule has 1 atom stereocenters. The minimum atomic E-state index is -0.156. The van der Waals surface area contributed by atoms with Crippen molar-refractivity contribution in [3.8, 4) is 0 Å². The topological polar surface area (TPSA) is 64.7 Å². The van der Waals surface area contributed by atoms with E-state index < -0.39 is 0 Å². The SMILES string of the molecule is CCCOCCOCCC(N)CO. The zero-order valence-corrected chi connectivity index (χ0v) is 8.37. The van der Waals surface area contributed by atoms with E-state index in [-0.39, 0.29) is 12.6 Å². The maximum atomic E-state index is 8.60. The monoisotopic (exact) mass is 191 g/mol. The van der Waals surface area contributed by atoms with Crippen LogP contribution in [0.4, 0.5) is 0 Å². The Morgan fingerprint density at radius 2 is 1.77 bits per heavy atom. The van der Waals surface area contributed by atoms with E-state index in [2.05, 4.69) is 6.92 Å². The zero-order chi connectivity index (χ0) is 9.94. The highest BCUT2D eigenvalue weighted by Gasteiger charge is 1.98. The van der Waals surface area contributed by atoms with Crippen LogP contribution in [-0.2, 0) is 9.47 Å². The van der Waals surface area contributed by atoms with Gasteiger partial charge in [0.25, 0.3) is 0 Å². The van der Waals surface area contributed by atoms with Crippen LogP contribution in [0.2, 0.25) is 0 Å². The standard InChI is InChI=1S/C9H21NO3/c1-2-4-12-6-7-13-5-3-9(10)8-11/h9,11H,2-8,10H2,1H3. The van der Waals surface area contributed by atoms with Gasteiger partial charge in [-0.15, -0.1) is 0 Å². The van der Waals surface area contributed by atoms with E-state index in [0.717, 1.165) is 13.0 Å². The maximum absolute atomic E-state index is 8.60. The Kier molecular flexibility index (Phi) is 9.80. The van der Waals surface area contributed by atoms with Gasteiger partial charge in [-0.3, -0.25) is 0 Å². The largest absolute Gasteiger partial charge is 0.395 e. The van der Waals surface area contributed by atoms with Crippen molar-refractivity contribution in [2.24, 2.45) is 5.73 Å². The molecule has 0 amide bonds. The molecule has 0 aliphatic heterocycles. The predicted octanol–water partition coefficient (Wildman–Crippen LogP) is 0.139. The molecule has 0 aromatic heterocycles. The molecule has 0 aliphatic carbocycles. The third-order valence-electron chi connectivity index (χ3n) is 1.59. The molecule has 3 N–H and O–H groups in total. The molecule has 1 unspecified atom stereocenters.